The predicted molar refractivity (Wildman–Crippen MR) is 77.0 cm³/mol. The van der Waals surface area contributed by atoms with Crippen LogP contribution in [0.1, 0.15) is 29.9 Å². The number of aryl methyl sites for hydroxylation is 1. The summed E-state index contributed by atoms with van der Waals surface area (Å²) in [5, 5.41) is 4.23. The monoisotopic (exact) mass is 273 g/mol. The molecule has 0 fully saturated rings. The number of pyridine rings is 1. The number of nitrogens with two attached hydrogens (primary N) is 1. The minimum atomic E-state index is -0.144. The van der Waals surface area contributed by atoms with E-state index in [2.05, 4.69) is 10.1 Å². The van der Waals surface area contributed by atoms with Crippen LogP contribution in [0.5, 0.6) is 0 Å². The lowest BCUT2D eigenvalue weighted by Gasteiger charge is -2.20. The molecule has 0 aliphatic heterocycles. The molecule has 0 bridgehead atoms. The predicted octanol–water partition coefficient (Wildman–Crippen LogP) is 1.54. The summed E-state index contributed by atoms with van der Waals surface area (Å²) in [6.45, 7) is 5.70. The lowest BCUT2D eigenvalue weighted by Crippen LogP contribution is -2.31. The summed E-state index contributed by atoms with van der Waals surface area (Å²) in [6, 6.07) is 3.79. The van der Waals surface area contributed by atoms with E-state index in [1.807, 2.05) is 26.0 Å². The molecule has 106 valence electrons. The number of aromatic nitrogens is 3. The summed E-state index contributed by atoms with van der Waals surface area (Å²) >= 11 is 0. The first-order valence-electron chi connectivity index (χ1n) is 6.66. The van der Waals surface area contributed by atoms with Crippen LogP contribution in [0.4, 0.5) is 5.69 Å². The van der Waals surface area contributed by atoms with Crippen LogP contribution in [-0.4, -0.2) is 32.1 Å². The molecule has 2 aromatic heterocycles. The molecule has 6 heteroatoms. The maximum absolute atomic E-state index is 12.5. The zero-order chi connectivity index (χ0) is 14.5. The van der Waals surface area contributed by atoms with E-state index in [-0.39, 0.29) is 5.91 Å². The summed E-state index contributed by atoms with van der Waals surface area (Å²) in [7, 11) is 0. The largest absolute Gasteiger partial charge is 0.396 e. The molecule has 0 aliphatic rings. The van der Waals surface area contributed by atoms with Gasteiger partial charge in [-0.2, -0.15) is 5.10 Å². The topological polar surface area (TPSA) is 77.0 Å². The summed E-state index contributed by atoms with van der Waals surface area (Å²) in [5.74, 6) is -0.144. The summed E-state index contributed by atoms with van der Waals surface area (Å²) in [6.07, 6.45) is 5.12. The van der Waals surface area contributed by atoms with E-state index in [4.69, 9.17) is 5.73 Å². The standard InChI is InChI=1S/C14H19N5O/c1-3-18(9-11-5-7-16-8-6-11)14(20)13-12(15)10-19(4-2)17-13/h5-8,10H,3-4,9,15H2,1-2H3. The van der Waals surface area contributed by atoms with E-state index in [0.29, 0.717) is 31.0 Å². The number of carbonyl (C=O) groups is 1. The Morgan fingerprint density at radius 1 is 1.35 bits per heavy atom. The van der Waals surface area contributed by atoms with E-state index in [1.165, 1.54) is 0 Å². The van der Waals surface area contributed by atoms with Gasteiger partial charge in [-0.3, -0.25) is 14.5 Å². The number of amides is 1. The first kappa shape index (κ1) is 14.0. The number of nitrogen functional groups attached to an aromatic ring is 1. The Hall–Kier alpha value is -2.37. The van der Waals surface area contributed by atoms with Crippen molar-refractivity contribution in [1.29, 1.82) is 0 Å². The lowest BCUT2D eigenvalue weighted by atomic mass is 10.2. The molecule has 0 spiro atoms. The smallest absolute Gasteiger partial charge is 0.276 e. The molecule has 0 saturated carbocycles. The van der Waals surface area contributed by atoms with Crippen molar-refractivity contribution in [3.05, 3.63) is 42.0 Å². The quantitative estimate of drug-likeness (QED) is 0.896. The molecule has 0 saturated heterocycles. The highest BCUT2D eigenvalue weighted by Gasteiger charge is 2.20. The third-order valence-corrected chi connectivity index (χ3v) is 3.11. The van der Waals surface area contributed by atoms with Crippen molar-refractivity contribution >= 4 is 11.6 Å². The van der Waals surface area contributed by atoms with Gasteiger partial charge >= 0.3 is 0 Å². The minimum Gasteiger partial charge on any atom is -0.396 e. The van der Waals surface area contributed by atoms with Gasteiger partial charge in [0.2, 0.25) is 0 Å². The van der Waals surface area contributed by atoms with Gasteiger partial charge in [-0.25, -0.2) is 0 Å². The maximum Gasteiger partial charge on any atom is 0.276 e. The third kappa shape index (κ3) is 2.96. The van der Waals surface area contributed by atoms with Crippen LogP contribution in [0.3, 0.4) is 0 Å². The first-order chi connectivity index (χ1) is 9.65. The van der Waals surface area contributed by atoms with Gasteiger partial charge in [0, 0.05) is 38.2 Å². The van der Waals surface area contributed by atoms with Gasteiger partial charge in [0.15, 0.2) is 5.69 Å². The lowest BCUT2D eigenvalue weighted by molar-refractivity contribution is 0.0746. The average molecular weight is 273 g/mol. The van der Waals surface area contributed by atoms with Crippen molar-refractivity contribution in [3.63, 3.8) is 0 Å². The molecule has 2 heterocycles. The van der Waals surface area contributed by atoms with E-state index >= 15 is 0 Å². The summed E-state index contributed by atoms with van der Waals surface area (Å²) in [4.78, 5) is 18.2. The normalized spacial score (nSPS) is 10.5. The highest BCUT2D eigenvalue weighted by Crippen LogP contribution is 2.14. The zero-order valence-electron chi connectivity index (χ0n) is 11.8. The second kappa shape index (κ2) is 6.18. The highest BCUT2D eigenvalue weighted by molar-refractivity contribution is 5.97. The van der Waals surface area contributed by atoms with Crippen LogP contribution in [-0.2, 0) is 13.1 Å². The fourth-order valence-electron chi connectivity index (χ4n) is 1.95. The molecule has 0 aliphatic carbocycles. The number of carbonyl (C=O) groups excluding carboxylic acids is 1. The molecule has 0 unspecified atom stereocenters. The van der Waals surface area contributed by atoms with Gasteiger partial charge in [-0.1, -0.05) is 0 Å². The van der Waals surface area contributed by atoms with Crippen LogP contribution < -0.4 is 5.73 Å². The Morgan fingerprint density at radius 3 is 2.60 bits per heavy atom. The van der Waals surface area contributed by atoms with Crippen LogP contribution in [0.25, 0.3) is 0 Å². The summed E-state index contributed by atoms with van der Waals surface area (Å²) < 4.78 is 1.67. The van der Waals surface area contributed by atoms with Gasteiger partial charge in [0.1, 0.15) is 0 Å². The Kier molecular flexibility index (Phi) is 4.34. The fourth-order valence-corrected chi connectivity index (χ4v) is 1.95. The maximum atomic E-state index is 12.5. The third-order valence-electron chi connectivity index (χ3n) is 3.11. The molecule has 20 heavy (non-hydrogen) atoms. The van der Waals surface area contributed by atoms with Crippen LogP contribution in [0.15, 0.2) is 30.7 Å². The molecular formula is C14H19N5O. The Balaban J connectivity index is 2.18. The molecule has 2 N–H and O–H groups in total. The molecule has 2 rings (SSSR count). The molecule has 6 nitrogen and oxygen atoms in total. The van der Waals surface area contributed by atoms with Crippen molar-refractivity contribution in [2.75, 3.05) is 12.3 Å². The number of nitrogens with zero attached hydrogens (tertiary/aromatic N) is 4. The second-order valence-corrected chi connectivity index (χ2v) is 4.46. The van der Waals surface area contributed by atoms with Gasteiger partial charge < -0.3 is 10.6 Å². The molecule has 0 aromatic carbocycles. The highest BCUT2D eigenvalue weighted by atomic mass is 16.2. The SMILES string of the molecule is CCN(Cc1ccncc1)C(=O)c1nn(CC)cc1N. The summed E-state index contributed by atoms with van der Waals surface area (Å²) in [5.41, 5.74) is 7.64. The minimum absolute atomic E-state index is 0.144. The fraction of sp³-hybridized carbons (Fsp3) is 0.357. The molecule has 1 amide bonds. The number of anilines is 1. The van der Waals surface area contributed by atoms with E-state index in [1.54, 1.807) is 28.2 Å². The van der Waals surface area contributed by atoms with Crippen molar-refractivity contribution in [2.24, 2.45) is 0 Å². The van der Waals surface area contributed by atoms with Crippen LogP contribution >= 0.6 is 0 Å². The Morgan fingerprint density at radius 2 is 2.05 bits per heavy atom. The van der Waals surface area contributed by atoms with Crippen molar-refractivity contribution in [2.45, 2.75) is 26.9 Å². The Bertz CT molecular complexity index is 579. The van der Waals surface area contributed by atoms with Crippen LogP contribution in [0, 0.1) is 0 Å². The van der Waals surface area contributed by atoms with E-state index in [0.717, 1.165) is 5.56 Å². The number of hydrogen-bond acceptors (Lipinski definition) is 4. The van der Waals surface area contributed by atoms with Crippen molar-refractivity contribution < 1.29 is 4.79 Å². The van der Waals surface area contributed by atoms with Gasteiger partial charge in [-0.05, 0) is 31.5 Å². The van der Waals surface area contributed by atoms with Gasteiger partial charge in [0.25, 0.3) is 5.91 Å². The molecular weight excluding hydrogens is 254 g/mol. The van der Waals surface area contributed by atoms with Gasteiger partial charge in [-0.15, -0.1) is 0 Å². The molecule has 0 radical (unpaired) electrons. The first-order valence-corrected chi connectivity index (χ1v) is 6.66. The second-order valence-electron chi connectivity index (χ2n) is 4.46. The van der Waals surface area contributed by atoms with Crippen molar-refractivity contribution in [1.82, 2.24) is 19.7 Å². The number of rotatable bonds is 5. The zero-order valence-corrected chi connectivity index (χ0v) is 11.8. The van der Waals surface area contributed by atoms with Crippen molar-refractivity contribution in [3.8, 4) is 0 Å². The number of hydrogen-bond donors (Lipinski definition) is 1. The van der Waals surface area contributed by atoms with Crippen LogP contribution in [0.2, 0.25) is 0 Å². The van der Waals surface area contributed by atoms with Gasteiger partial charge in [0.05, 0.1) is 5.69 Å². The molecule has 2 aromatic rings. The van der Waals surface area contributed by atoms with E-state index in [9.17, 15) is 4.79 Å². The van der Waals surface area contributed by atoms with E-state index < -0.39 is 0 Å². The average Bonchev–Trinajstić information content (AvgIpc) is 2.86. The molecule has 0 atom stereocenters. The Labute approximate surface area is 118 Å².